The lowest BCUT2D eigenvalue weighted by molar-refractivity contribution is -0.142. The summed E-state index contributed by atoms with van der Waals surface area (Å²) in [5.74, 6) is -0.121. The highest BCUT2D eigenvalue weighted by molar-refractivity contribution is 9.10. The Morgan fingerprint density at radius 3 is 2.60 bits per heavy atom. The van der Waals surface area contributed by atoms with Gasteiger partial charge in [0, 0.05) is 22.5 Å². The van der Waals surface area contributed by atoms with Gasteiger partial charge in [-0.2, -0.15) is 0 Å². The molecule has 2 atom stereocenters. The van der Waals surface area contributed by atoms with Crippen LogP contribution in [0.4, 0.5) is 0 Å². The molecule has 1 aromatic rings. The summed E-state index contributed by atoms with van der Waals surface area (Å²) in [4.78, 5) is 39.2. The molecule has 2 unspecified atom stereocenters. The van der Waals surface area contributed by atoms with Crippen molar-refractivity contribution >= 4 is 33.7 Å². The smallest absolute Gasteiger partial charge is 0.258 e. The zero-order chi connectivity index (χ0) is 17.7. The first kappa shape index (κ1) is 16.6. The third-order valence-corrected chi connectivity index (χ3v) is 6.44. The quantitative estimate of drug-likeness (QED) is 0.780. The molecule has 2 heterocycles. The average molecular weight is 407 g/mol. The van der Waals surface area contributed by atoms with Crippen LogP contribution in [0.5, 0.6) is 5.75 Å². The lowest BCUT2D eigenvalue weighted by atomic mass is 9.71. The molecule has 2 aliphatic heterocycles. The van der Waals surface area contributed by atoms with Crippen LogP contribution >= 0.6 is 15.9 Å². The van der Waals surface area contributed by atoms with Gasteiger partial charge in [0.15, 0.2) is 0 Å². The van der Waals surface area contributed by atoms with Crippen LogP contribution in [0, 0.1) is 11.8 Å². The van der Waals surface area contributed by atoms with Crippen LogP contribution in [0.15, 0.2) is 16.6 Å². The van der Waals surface area contributed by atoms with Crippen molar-refractivity contribution in [3.63, 3.8) is 0 Å². The van der Waals surface area contributed by atoms with Gasteiger partial charge >= 0.3 is 0 Å². The number of imide groups is 1. The van der Waals surface area contributed by atoms with Gasteiger partial charge in [-0.3, -0.25) is 19.7 Å². The first-order valence-corrected chi connectivity index (χ1v) is 9.31. The van der Waals surface area contributed by atoms with Gasteiger partial charge in [0.05, 0.1) is 12.7 Å². The monoisotopic (exact) mass is 406 g/mol. The van der Waals surface area contributed by atoms with E-state index in [1.54, 1.807) is 11.0 Å². The Hall–Kier alpha value is -1.89. The fraction of sp³-hybridized carbons (Fsp3) is 0.500. The molecule has 6 nitrogen and oxygen atoms in total. The number of rotatable bonds is 3. The number of hydrogen-bond acceptors (Lipinski definition) is 4. The molecule has 132 valence electrons. The maximum absolute atomic E-state index is 13.0. The van der Waals surface area contributed by atoms with Gasteiger partial charge < -0.3 is 9.64 Å². The first-order valence-electron chi connectivity index (χ1n) is 8.52. The number of nitrogens with zero attached hydrogens (tertiary/aromatic N) is 1. The van der Waals surface area contributed by atoms with E-state index >= 15 is 0 Å². The summed E-state index contributed by atoms with van der Waals surface area (Å²) >= 11 is 3.48. The number of nitrogens with one attached hydrogen (secondary N) is 1. The number of benzene rings is 1. The molecule has 7 heteroatoms. The summed E-state index contributed by atoms with van der Waals surface area (Å²) in [5, 5.41) is 2.48. The predicted octanol–water partition coefficient (Wildman–Crippen LogP) is 2.24. The molecule has 4 rings (SSSR count). The van der Waals surface area contributed by atoms with Crippen molar-refractivity contribution in [2.75, 3.05) is 7.11 Å². The fourth-order valence-electron chi connectivity index (χ4n) is 4.07. The minimum absolute atomic E-state index is 0.182. The number of fused-ring (bicyclic) bond motifs is 1. The highest BCUT2D eigenvalue weighted by atomic mass is 79.9. The highest BCUT2D eigenvalue weighted by Gasteiger charge is 2.46. The van der Waals surface area contributed by atoms with Gasteiger partial charge in [0.1, 0.15) is 11.8 Å². The second-order valence-electron chi connectivity index (χ2n) is 6.94. The van der Waals surface area contributed by atoms with Crippen molar-refractivity contribution in [1.82, 2.24) is 10.2 Å². The molecule has 3 amide bonds. The molecule has 1 saturated heterocycles. The Labute approximate surface area is 154 Å². The minimum atomic E-state index is -0.611. The van der Waals surface area contributed by atoms with E-state index in [4.69, 9.17) is 4.74 Å². The standard InChI is InChI=1S/C18H19BrN2O4/c1-25-14-6-5-12(19)11-8-21(18(24)15(11)14)13-7-10(9-3-2-4-9)16(22)20-17(13)23/h5-6,9-10,13H,2-4,7-8H2,1H3,(H,20,22,23). The molecule has 0 aromatic heterocycles. The molecule has 1 saturated carbocycles. The number of halogens is 1. The SMILES string of the molecule is COc1ccc(Br)c2c1C(=O)N(C1CC(C3CCC3)C(=O)NC1=O)C2. The Morgan fingerprint density at radius 2 is 1.96 bits per heavy atom. The third-order valence-electron chi connectivity index (χ3n) is 5.70. The Bertz CT molecular complexity index is 775. The molecule has 1 N–H and O–H groups in total. The zero-order valence-electron chi connectivity index (χ0n) is 13.9. The molecule has 1 aliphatic carbocycles. The van der Waals surface area contributed by atoms with E-state index in [1.807, 2.05) is 6.07 Å². The van der Waals surface area contributed by atoms with Crippen molar-refractivity contribution in [1.29, 1.82) is 0 Å². The fourth-order valence-corrected chi connectivity index (χ4v) is 4.52. The van der Waals surface area contributed by atoms with Gasteiger partial charge in [0.25, 0.3) is 5.91 Å². The van der Waals surface area contributed by atoms with E-state index in [0.717, 1.165) is 29.3 Å². The average Bonchev–Trinajstić information content (AvgIpc) is 2.88. The lowest BCUT2D eigenvalue weighted by Crippen LogP contribution is -2.57. The summed E-state index contributed by atoms with van der Waals surface area (Å²) in [5.41, 5.74) is 1.33. The number of methoxy groups -OCH3 is 1. The zero-order valence-corrected chi connectivity index (χ0v) is 15.5. The molecular formula is C18H19BrN2O4. The van der Waals surface area contributed by atoms with Gasteiger partial charge in [-0.25, -0.2) is 0 Å². The van der Waals surface area contributed by atoms with Crippen molar-refractivity contribution in [2.45, 2.75) is 38.3 Å². The molecule has 3 aliphatic rings. The molecule has 0 radical (unpaired) electrons. The first-order chi connectivity index (χ1) is 12.0. The number of amides is 3. The minimum Gasteiger partial charge on any atom is -0.496 e. The maximum Gasteiger partial charge on any atom is 0.258 e. The van der Waals surface area contributed by atoms with Crippen molar-refractivity contribution in [2.24, 2.45) is 11.8 Å². The highest BCUT2D eigenvalue weighted by Crippen LogP contribution is 2.41. The van der Waals surface area contributed by atoms with Crippen LogP contribution in [-0.4, -0.2) is 35.8 Å². The van der Waals surface area contributed by atoms with Crippen LogP contribution in [0.25, 0.3) is 0 Å². The summed E-state index contributed by atoms with van der Waals surface area (Å²) in [6.45, 7) is 0.343. The predicted molar refractivity (Wildman–Crippen MR) is 93.0 cm³/mol. The van der Waals surface area contributed by atoms with Crippen LogP contribution in [-0.2, 0) is 16.1 Å². The molecule has 25 heavy (non-hydrogen) atoms. The number of carbonyl (C=O) groups is 3. The number of piperidine rings is 1. The largest absolute Gasteiger partial charge is 0.496 e. The maximum atomic E-state index is 13.0. The van der Waals surface area contributed by atoms with Crippen LogP contribution in [0.1, 0.15) is 41.6 Å². The van der Waals surface area contributed by atoms with Crippen LogP contribution in [0.3, 0.4) is 0 Å². The van der Waals surface area contributed by atoms with Crippen molar-refractivity contribution in [3.05, 3.63) is 27.7 Å². The van der Waals surface area contributed by atoms with Gasteiger partial charge in [-0.05, 0) is 37.3 Å². The second-order valence-corrected chi connectivity index (χ2v) is 7.79. The number of hydrogen-bond donors (Lipinski definition) is 1. The van der Waals surface area contributed by atoms with Gasteiger partial charge in [0.2, 0.25) is 11.8 Å². The van der Waals surface area contributed by atoms with E-state index in [9.17, 15) is 14.4 Å². The van der Waals surface area contributed by atoms with Crippen LogP contribution < -0.4 is 10.1 Å². The number of ether oxygens (including phenoxy) is 1. The van der Waals surface area contributed by atoms with E-state index in [1.165, 1.54) is 7.11 Å². The second kappa shape index (κ2) is 6.12. The van der Waals surface area contributed by atoms with E-state index in [2.05, 4.69) is 21.2 Å². The van der Waals surface area contributed by atoms with Crippen molar-refractivity contribution in [3.8, 4) is 5.75 Å². The topological polar surface area (TPSA) is 75.7 Å². The van der Waals surface area contributed by atoms with Gasteiger partial charge in [-0.1, -0.05) is 22.4 Å². The lowest BCUT2D eigenvalue weighted by Gasteiger charge is -2.39. The summed E-state index contributed by atoms with van der Waals surface area (Å²) in [7, 11) is 1.53. The molecule has 2 fully saturated rings. The summed E-state index contributed by atoms with van der Waals surface area (Å²) in [6.07, 6.45) is 3.58. The van der Waals surface area contributed by atoms with Crippen LogP contribution in [0.2, 0.25) is 0 Å². The van der Waals surface area contributed by atoms with Crippen molar-refractivity contribution < 1.29 is 19.1 Å². The Kier molecular flexibility index (Phi) is 4.06. The normalized spacial score (nSPS) is 26.3. The Balaban J connectivity index is 1.63. The van der Waals surface area contributed by atoms with E-state index in [0.29, 0.717) is 30.2 Å². The molecule has 1 aromatic carbocycles. The molecule has 0 spiro atoms. The molecular weight excluding hydrogens is 388 g/mol. The van der Waals surface area contributed by atoms with E-state index < -0.39 is 6.04 Å². The van der Waals surface area contributed by atoms with E-state index in [-0.39, 0.29) is 23.6 Å². The Morgan fingerprint density at radius 1 is 1.20 bits per heavy atom. The molecule has 0 bridgehead atoms. The third kappa shape index (κ3) is 2.56. The van der Waals surface area contributed by atoms with Gasteiger partial charge in [-0.15, -0.1) is 0 Å². The summed E-state index contributed by atoms with van der Waals surface area (Å²) < 4.78 is 6.15. The number of carbonyl (C=O) groups excluding carboxylic acids is 3. The summed E-state index contributed by atoms with van der Waals surface area (Å²) in [6, 6.07) is 2.97.